The third kappa shape index (κ3) is 3.96. The van der Waals surface area contributed by atoms with E-state index >= 15 is 0 Å². The molecule has 2 heteroatoms. The van der Waals surface area contributed by atoms with Crippen molar-refractivity contribution in [3.05, 3.63) is 71.3 Å². The number of hydrogen-bond donors (Lipinski definition) is 1. The van der Waals surface area contributed by atoms with Gasteiger partial charge in [0.25, 0.3) is 0 Å². The highest BCUT2D eigenvalue weighted by molar-refractivity contribution is 6.58. The molecule has 1 aliphatic rings. The van der Waals surface area contributed by atoms with Crippen LogP contribution in [0.1, 0.15) is 31.0 Å². The quantitative estimate of drug-likeness (QED) is 0.548. The lowest BCUT2D eigenvalue weighted by molar-refractivity contribution is 0.543. The molecule has 0 fully saturated rings. The topological polar surface area (TPSA) is 12.0 Å². The zero-order chi connectivity index (χ0) is 18.0. The van der Waals surface area contributed by atoms with Crippen LogP contribution in [0.5, 0.6) is 0 Å². The Hall–Kier alpha value is -1.64. The van der Waals surface area contributed by atoms with Gasteiger partial charge < -0.3 is 5.32 Å². The second-order valence-electron chi connectivity index (χ2n) is 8.00. The molecule has 2 aromatic rings. The molecule has 25 heavy (non-hydrogen) atoms. The first-order valence-electron chi connectivity index (χ1n) is 9.58. The zero-order valence-corrected chi connectivity index (χ0v) is 17.4. The Morgan fingerprint density at radius 1 is 1.00 bits per heavy atom. The van der Waals surface area contributed by atoms with Gasteiger partial charge in [-0.25, -0.2) is 0 Å². The third-order valence-electron chi connectivity index (χ3n) is 5.53. The summed E-state index contributed by atoms with van der Waals surface area (Å²) in [5.74, 6) is 0.647. The van der Waals surface area contributed by atoms with Gasteiger partial charge in [-0.15, -0.1) is 0 Å². The highest BCUT2D eigenvalue weighted by atomic mass is 28.3. The number of hydrogen-bond acceptors (Lipinski definition) is 1. The molecule has 1 heterocycles. The lowest BCUT2D eigenvalue weighted by Crippen LogP contribution is -2.36. The number of aryl methyl sites for hydroxylation is 1. The third-order valence-corrected chi connectivity index (χ3v) is 7.76. The van der Waals surface area contributed by atoms with E-state index < -0.39 is 8.80 Å². The van der Waals surface area contributed by atoms with Crippen molar-refractivity contribution in [1.29, 1.82) is 0 Å². The van der Waals surface area contributed by atoms with Gasteiger partial charge in [0, 0.05) is 8.80 Å². The Morgan fingerprint density at radius 2 is 1.72 bits per heavy atom. The average Bonchev–Trinajstić information content (AvgIpc) is 2.61. The molecule has 1 N–H and O–H groups in total. The van der Waals surface area contributed by atoms with Crippen LogP contribution in [0.2, 0.25) is 18.6 Å². The van der Waals surface area contributed by atoms with Crippen molar-refractivity contribution >= 4 is 8.80 Å². The van der Waals surface area contributed by atoms with Gasteiger partial charge in [0.1, 0.15) is 0 Å². The van der Waals surface area contributed by atoms with Crippen LogP contribution in [-0.4, -0.2) is 15.3 Å². The first-order chi connectivity index (χ1) is 12.0. The predicted molar refractivity (Wildman–Crippen MR) is 113 cm³/mol. The second-order valence-corrected chi connectivity index (χ2v) is 11.3. The van der Waals surface area contributed by atoms with E-state index in [0.29, 0.717) is 12.0 Å². The molecule has 0 saturated heterocycles. The summed E-state index contributed by atoms with van der Waals surface area (Å²) in [6.45, 7) is 13.0. The van der Waals surface area contributed by atoms with Gasteiger partial charge in [0.15, 0.2) is 0 Å². The smallest absolute Gasteiger partial charge is 0.0511 e. The van der Waals surface area contributed by atoms with E-state index in [-0.39, 0.29) is 0 Å². The van der Waals surface area contributed by atoms with Gasteiger partial charge in [-0.05, 0) is 47.2 Å². The molecule has 0 saturated carbocycles. The van der Waals surface area contributed by atoms with Crippen LogP contribution in [0.3, 0.4) is 0 Å². The van der Waals surface area contributed by atoms with Crippen LogP contribution < -0.4 is 5.32 Å². The summed E-state index contributed by atoms with van der Waals surface area (Å²) in [6.07, 6.45) is 2.52. The highest BCUT2D eigenvalue weighted by Crippen LogP contribution is 2.36. The van der Waals surface area contributed by atoms with Crippen molar-refractivity contribution in [3.8, 4) is 11.1 Å². The summed E-state index contributed by atoms with van der Waals surface area (Å²) in [4.78, 5) is 0. The summed E-state index contributed by atoms with van der Waals surface area (Å²) < 4.78 is 0. The number of benzene rings is 2. The van der Waals surface area contributed by atoms with E-state index in [1.54, 1.807) is 5.57 Å². The van der Waals surface area contributed by atoms with Gasteiger partial charge in [-0.2, -0.15) is 0 Å². The summed E-state index contributed by atoms with van der Waals surface area (Å²) in [5.41, 5.74) is 7.86. The Bertz CT molecular complexity index is 746. The molecule has 3 rings (SSSR count). The normalized spacial score (nSPS) is 20.8. The van der Waals surface area contributed by atoms with Crippen LogP contribution in [-0.2, 0) is 0 Å². The van der Waals surface area contributed by atoms with Crippen LogP contribution >= 0.6 is 0 Å². The van der Waals surface area contributed by atoms with E-state index in [9.17, 15) is 0 Å². The van der Waals surface area contributed by atoms with Crippen molar-refractivity contribution in [2.75, 3.05) is 6.54 Å². The molecular weight excluding hydrogens is 318 g/mol. The summed E-state index contributed by atoms with van der Waals surface area (Å²) >= 11 is 0. The van der Waals surface area contributed by atoms with Crippen LogP contribution in [0, 0.1) is 12.8 Å². The van der Waals surface area contributed by atoms with E-state index in [2.05, 4.69) is 93.8 Å². The molecule has 0 amide bonds. The van der Waals surface area contributed by atoms with Gasteiger partial charge in [-0.1, -0.05) is 87.1 Å². The summed E-state index contributed by atoms with van der Waals surface area (Å²) in [6, 6.07) is 17.9. The molecule has 1 aliphatic heterocycles. The molecule has 2 aromatic carbocycles. The van der Waals surface area contributed by atoms with Crippen molar-refractivity contribution in [1.82, 2.24) is 5.32 Å². The first kappa shape index (κ1) is 18.2. The average molecular weight is 350 g/mol. The van der Waals surface area contributed by atoms with E-state index in [4.69, 9.17) is 0 Å². The zero-order valence-electron chi connectivity index (χ0n) is 16.2. The standard InChI is InChI=1S/C23H31NSi/c1-16(2)21-14-22(24-15-23(21)25(4)5)20-12-11-19(13-17(20)3)18-9-7-6-8-10-18/h6-14,16,22-25H,15H2,1-5H3. The monoisotopic (exact) mass is 349 g/mol. The predicted octanol–water partition coefficient (Wildman–Crippen LogP) is 5.75. The van der Waals surface area contributed by atoms with Crippen molar-refractivity contribution < 1.29 is 0 Å². The molecule has 0 radical (unpaired) electrons. The van der Waals surface area contributed by atoms with Gasteiger partial charge in [-0.3, -0.25) is 0 Å². The lowest BCUT2D eigenvalue weighted by atomic mass is 9.89. The van der Waals surface area contributed by atoms with E-state index in [1.165, 1.54) is 22.3 Å². The molecule has 2 unspecified atom stereocenters. The molecule has 0 aromatic heterocycles. The van der Waals surface area contributed by atoms with Crippen LogP contribution in [0.4, 0.5) is 0 Å². The minimum absolute atomic E-state index is 0.353. The molecule has 1 nitrogen and oxygen atoms in total. The highest BCUT2D eigenvalue weighted by Gasteiger charge is 2.28. The Kier molecular flexibility index (Phi) is 5.60. The molecular formula is C23H31NSi. The maximum absolute atomic E-state index is 3.81. The maximum atomic E-state index is 3.81. The Morgan fingerprint density at radius 3 is 2.32 bits per heavy atom. The number of nitrogens with one attached hydrogen (secondary N) is 1. The second kappa shape index (κ2) is 7.71. The van der Waals surface area contributed by atoms with Crippen molar-refractivity contribution in [2.24, 2.45) is 5.92 Å². The fourth-order valence-electron chi connectivity index (χ4n) is 4.02. The van der Waals surface area contributed by atoms with Gasteiger partial charge >= 0.3 is 0 Å². The first-order valence-corrected chi connectivity index (χ1v) is 12.6. The molecule has 2 atom stereocenters. The number of rotatable bonds is 4. The van der Waals surface area contributed by atoms with Gasteiger partial charge in [0.2, 0.25) is 0 Å². The molecule has 0 aliphatic carbocycles. The lowest BCUT2D eigenvalue weighted by Gasteiger charge is -2.35. The van der Waals surface area contributed by atoms with Crippen molar-refractivity contribution in [2.45, 2.75) is 45.4 Å². The van der Waals surface area contributed by atoms with E-state index in [0.717, 1.165) is 12.1 Å². The molecule has 0 spiro atoms. The maximum Gasteiger partial charge on any atom is 0.0511 e. The minimum atomic E-state index is -0.679. The summed E-state index contributed by atoms with van der Waals surface area (Å²) in [7, 11) is -0.679. The van der Waals surface area contributed by atoms with Crippen LogP contribution in [0.25, 0.3) is 11.1 Å². The Labute approximate surface area is 154 Å². The minimum Gasteiger partial charge on any atom is -0.306 e. The van der Waals surface area contributed by atoms with Crippen LogP contribution in [0.15, 0.2) is 60.2 Å². The fraction of sp³-hybridized carbons (Fsp3) is 0.391. The van der Waals surface area contributed by atoms with Gasteiger partial charge in [0.05, 0.1) is 6.04 Å². The molecule has 0 bridgehead atoms. The Balaban J connectivity index is 1.92. The fourth-order valence-corrected chi connectivity index (χ4v) is 5.90. The molecule has 132 valence electrons. The SMILES string of the molecule is Cc1cc(-c2ccccc2)ccc1C1C=C(C(C)C)C([SiH](C)C)CN1. The largest absolute Gasteiger partial charge is 0.306 e. The van der Waals surface area contributed by atoms with Crippen molar-refractivity contribution in [3.63, 3.8) is 0 Å². The summed E-state index contributed by atoms with van der Waals surface area (Å²) in [5, 5.41) is 3.81. The van der Waals surface area contributed by atoms with E-state index in [1.807, 2.05) is 0 Å².